The van der Waals surface area contributed by atoms with Gasteiger partial charge in [-0.1, -0.05) is 6.07 Å². The number of piperazine rings is 1. The zero-order valence-electron chi connectivity index (χ0n) is 13.3. The SMILES string of the molecule is COc1cc(N2CCN(C(=O)c3ccccn3)CC2)nc(C)n1. The van der Waals surface area contributed by atoms with E-state index in [4.69, 9.17) is 4.74 Å². The molecule has 1 amide bonds. The molecular weight excluding hydrogens is 294 g/mol. The molecule has 0 spiro atoms. The van der Waals surface area contributed by atoms with E-state index < -0.39 is 0 Å². The molecule has 3 rings (SSSR count). The molecule has 0 bridgehead atoms. The fourth-order valence-electron chi connectivity index (χ4n) is 2.58. The van der Waals surface area contributed by atoms with Gasteiger partial charge in [0, 0.05) is 38.4 Å². The minimum absolute atomic E-state index is 0.0262. The number of amides is 1. The van der Waals surface area contributed by atoms with E-state index in [1.54, 1.807) is 25.4 Å². The van der Waals surface area contributed by atoms with Crippen LogP contribution in [0.3, 0.4) is 0 Å². The van der Waals surface area contributed by atoms with Crippen molar-refractivity contribution in [2.45, 2.75) is 6.92 Å². The minimum Gasteiger partial charge on any atom is -0.481 e. The number of nitrogens with zero attached hydrogens (tertiary/aromatic N) is 5. The van der Waals surface area contributed by atoms with Crippen LogP contribution in [0, 0.1) is 6.92 Å². The van der Waals surface area contributed by atoms with E-state index in [9.17, 15) is 4.79 Å². The average molecular weight is 313 g/mol. The van der Waals surface area contributed by atoms with E-state index in [1.807, 2.05) is 24.0 Å². The van der Waals surface area contributed by atoms with E-state index in [0.717, 1.165) is 18.9 Å². The highest BCUT2D eigenvalue weighted by Gasteiger charge is 2.23. The van der Waals surface area contributed by atoms with Gasteiger partial charge in [-0.15, -0.1) is 0 Å². The Morgan fingerprint density at radius 3 is 2.61 bits per heavy atom. The van der Waals surface area contributed by atoms with Crippen molar-refractivity contribution >= 4 is 11.7 Å². The first-order valence-corrected chi connectivity index (χ1v) is 7.52. The number of aromatic nitrogens is 3. The number of hydrogen-bond acceptors (Lipinski definition) is 6. The molecule has 7 nitrogen and oxygen atoms in total. The molecule has 120 valence electrons. The average Bonchev–Trinajstić information content (AvgIpc) is 2.61. The van der Waals surface area contributed by atoms with Gasteiger partial charge in [-0.25, -0.2) is 4.98 Å². The molecule has 0 radical (unpaired) electrons. The van der Waals surface area contributed by atoms with E-state index in [1.165, 1.54) is 0 Å². The number of ether oxygens (including phenoxy) is 1. The standard InChI is InChI=1S/C16H19N5O2/c1-12-18-14(11-15(19-12)23-2)20-7-9-21(10-8-20)16(22)13-5-3-4-6-17-13/h3-6,11H,7-10H2,1-2H3. The van der Waals surface area contributed by atoms with Gasteiger partial charge in [0.05, 0.1) is 7.11 Å². The molecular formula is C16H19N5O2. The summed E-state index contributed by atoms with van der Waals surface area (Å²) in [6.45, 7) is 4.56. The highest BCUT2D eigenvalue weighted by Crippen LogP contribution is 2.19. The van der Waals surface area contributed by atoms with Crippen LogP contribution < -0.4 is 9.64 Å². The van der Waals surface area contributed by atoms with Crippen LogP contribution in [0.4, 0.5) is 5.82 Å². The van der Waals surface area contributed by atoms with Crippen LogP contribution in [0.1, 0.15) is 16.3 Å². The summed E-state index contributed by atoms with van der Waals surface area (Å²) in [7, 11) is 1.59. The summed E-state index contributed by atoms with van der Waals surface area (Å²) < 4.78 is 5.19. The van der Waals surface area contributed by atoms with E-state index in [2.05, 4.69) is 19.9 Å². The smallest absolute Gasteiger partial charge is 0.272 e. The topological polar surface area (TPSA) is 71.5 Å². The number of anilines is 1. The van der Waals surface area contributed by atoms with Gasteiger partial charge in [0.25, 0.3) is 5.91 Å². The lowest BCUT2D eigenvalue weighted by atomic mass is 10.2. The highest BCUT2D eigenvalue weighted by atomic mass is 16.5. The van der Waals surface area contributed by atoms with Crippen molar-refractivity contribution in [3.63, 3.8) is 0 Å². The number of hydrogen-bond donors (Lipinski definition) is 0. The maximum atomic E-state index is 12.4. The zero-order chi connectivity index (χ0) is 16.2. The molecule has 3 heterocycles. The van der Waals surface area contributed by atoms with Crippen LogP contribution in [-0.2, 0) is 0 Å². The first-order chi connectivity index (χ1) is 11.2. The molecule has 1 aliphatic rings. The molecule has 0 atom stereocenters. The molecule has 0 aliphatic carbocycles. The third-order valence-electron chi connectivity index (χ3n) is 3.78. The van der Waals surface area contributed by atoms with Crippen molar-refractivity contribution in [3.05, 3.63) is 42.0 Å². The highest BCUT2D eigenvalue weighted by molar-refractivity contribution is 5.92. The van der Waals surface area contributed by atoms with Crippen LogP contribution in [0.2, 0.25) is 0 Å². The maximum absolute atomic E-state index is 12.4. The number of carbonyl (C=O) groups excluding carboxylic acids is 1. The van der Waals surface area contributed by atoms with Gasteiger partial charge >= 0.3 is 0 Å². The molecule has 1 fully saturated rings. The number of carbonyl (C=O) groups is 1. The Balaban J connectivity index is 1.67. The van der Waals surface area contributed by atoms with Crippen molar-refractivity contribution in [2.75, 3.05) is 38.2 Å². The van der Waals surface area contributed by atoms with Crippen molar-refractivity contribution < 1.29 is 9.53 Å². The van der Waals surface area contributed by atoms with Crippen LogP contribution in [0.25, 0.3) is 0 Å². The van der Waals surface area contributed by atoms with E-state index in [0.29, 0.717) is 30.5 Å². The molecule has 2 aromatic heterocycles. The van der Waals surface area contributed by atoms with E-state index >= 15 is 0 Å². The lowest BCUT2D eigenvalue weighted by molar-refractivity contribution is 0.0740. The quantitative estimate of drug-likeness (QED) is 0.846. The number of aryl methyl sites for hydroxylation is 1. The van der Waals surface area contributed by atoms with E-state index in [-0.39, 0.29) is 5.91 Å². The Morgan fingerprint density at radius 1 is 1.17 bits per heavy atom. The van der Waals surface area contributed by atoms with Gasteiger partial charge in [-0.05, 0) is 19.1 Å². The Bertz CT molecular complexity index is 684. The maximum Gasteiger partial charge on any atom is 0.272 e. The summed E-state index contributed by atoms with van der Waals surface area (Å²) in [5.41, 5.74) is 0.487. The van der Waals surface area contributed by atoms with Crippen LogP contribution in [0.5, 0.6) is 5.88 Å². The third kappa shape index (κ3) is 3.39. The first-order valence-electron chi connectivity index (χ1n) is 7.52. The Hall–Kier alpha value is -2.70. The van der Waals surface area contributed by atoms with Crippen LogP contribution >= 0.6 is 0 Å². The second-order valence-corrected chi connectivity index (χ2v) is 5.31. The molecule has 0 aromatic carbocycles. The Kier molecular flexibility index (Phi) is 4.36. The largest absolute Gasteiger partial charge is 0.481 e. The van der Waals surface area contributed by atoms with Crippen molar-refractivity contribution in [1.29, 1.82) is 0 Å². The number of rotatable bonds is 3. The molecule has 0 N–H and O–H groups in total. The molecule has 1 saturated heterocycles. The molecule has 1 aliphatic heterocycles. The number of methoxy groups -OCH3 is 1. The summed E-state index contributed by atoms with van der Waals surface area (Å²) in [6, 6.07) is 7.20. The molecule has 0 unspecified atom stereocenters. The lowest BCUT2D eigenvalue weighted by Crippen LogP contribution is -2.49. The lowest BCUT2D eigenvalue weighted by Gasteiger charge is -2.35. The van der Waals surface area contributed by atoms with Gasteiger partial charge in [0.15, 0.2) is 0 Å². The molecule has 0 saturated carbocycles. The van der Waals surface area contributed by atoms with Crippen molar-refractivity contribution in [2.24, 2.45) is 0 Å². The summed E-state index contributed by atoms with van der Waals surface area (Å²) in [5.74, 6) is 2.03. The summed E-state index contributed by atoms with van der Waals surface area (Å²) in [6.07, 6.45) is 1.64. The third-order valence-corrected chi connectivity index (χ3v) is 3.78. The van der Waals surface area contributed by atoms with Gasteiger partial charge in [-0.2, -0.15) is 4.98 Å². The molecule has 7 heteroatoms. The van der Waals surface area contributed by atoms with Crippen LogP contribution in [0.15, 0.2) is 30.5 Å². The zero-order valence-corrected chi connectivity index (χ0v) is 13.3. The predicted octanol–water partition coefficient (Wildman–Crippen LogP) is 1.15. The van der Waals surface area contributed by atoms with Crippen LogP contribution in [-0.4, -0.2) is 59.0 Å². The fraction of sp³-hybridized carbons (Fsp3) is 0.375. The molecule has 2 aromatic rings. The predicted molar refractivity (Wildman–Crippen MR) is 85.7 cm³/mol. The Labute approximate surface area is 134 Å². The minimum atomic E-state index is -0.0262. The summed E-state index contributed by atoms with van der Waals surface area (Å²) in [4.78, 5) is 29.1. The monoisotopic (exact) mass is 313 g/mol. The second kappa shape index (κ2) is 6.60. The number of pyridine rings is 1. The first kappa shape index (κ1) is 15.2. The van der Waals surface area contributed by atoms with Gasteiger partial charge in [0.1, 0.15) is 17.3 Å². The van der Waals surface area contributed by atoms with Crippen molar-refractivity contribution in [3.8, 4) is 5.88 Å². The second-order valence-electron chi connectivity index (χ2n) is 5.31. The summed E-state index contributed by atoms with van der Waals surface area (Å²) >= 11 is 0. The van der Waals surface area contributed by atoms with Gasteiger partial charge in [0.2, 0.25) is 5.88 Å². The summed E-state index contributed by atoms with van der Waals surface area (Å²) in [5, 5.41) is 0. The van der Waals surface area contributed by atoms with Gasteiger partial charge < -0.3 is 14.5 Å². The molecule has 23 heavy (non-hydrogen) atoms. The fourth-order valence-corrected chi connectivity index (χ4v) is 2.58. The van der Waals surface area contributed by atoms with Crippen molar-refractivity contribution in [1.82, 2.24) is 19.9 Å². The Morgan fingerprint density at radius 2 is 1.96 bits per heavy atom. The van der Waals surface area contributed by atoms with Gasteiger partial charge in [-0.3, -0.25) is 9.78 Å². The normalized spacial score (nSPS) is 14.7.